The van der Waals surface area contributed by atoms with Gasteiger partial charge in [-0.3, -0.25) is 0 Å². The first kappa shape index (κ1) is 14.8. The van der Waals surface area contributed by atoms with Crippen molar-refractivity contribution in [2.45, 2.75) is 45.7 Å². The van der Waals surface area contributed by atoms with Gasteiger partial charge in [0.25, 0.3) is 0 Å². The zero-order chi connectivity index (χ0) is 14.6. The Labute approximate surface area is 120 Å². The number of furan rings is 1. The van der Waals surface area contributed by atoms with E-state index < -0.39 is 0 Å². The van der Waals surface area contributed by atoms with E-state index in [4.69, 9.17) is 4.42 Å². The normalized spacial score (nSPS) is 11.8. The van der Waals surface area contributed by atoms with Gasteiger partial charge in [0.2, 0.25) is 0 Å². The van der Waals surface area contributed by atoms with Crippen molar-refractivity contribution in [3.8, 4) is 11.3 Å². The molecule has 0 fully saturated rings. The summed E-state index contributed by atoms with van der Waals surface area (Å²) in [6.07, 6.45) is 2.28. The molecule has 0 aliphatic carbocycles. The van der Waals surface area contributed by atoms with Gasteiger partial charge in [0.1, 0.15) is 17.3 Å². The quantitative estimate of drug-likeness (QED) is 0.822. The van der Waals surface area contributed by atoms with Crippen LogP contribution in [0.25, 0.3) is 11.3 Å². The van der Waals surface area contributed by atoms with E-state index in [0.717, 1.165) is 29.9 Å². The van der Waals surface area contributed by atoms with Gasteiger partial charge in [-0.1, -0.05) is 13.3 Å². The summed E-state index contributed by atoms with van der Waals surface area (Å²) in [7, 11) is 0. The number of hydrogen-bond donors (Lipinski definition) is 1. The molecule has 0 aliphatic rings. The molecule has 3 heteroatoms. The van der Waals surface area contributed by atoms with Crippen LogP contribution in [-0.2, 0) is 6.54 Å². The van der Waals surface area contributed by atoms with Crippen LogP contribution in [0.3, 0.4) is 0 Å². The molecule has 1 N–H and O–H groups in total. The van der Waals surface area contributed by atoms with Crippen LogP contribution in [0.1, 0.15) is 39.4 Å². The number of rotatable bonds is 6. The molecule has 0 spiro atoms. The lowest BCUT2D eigenvalue weighted by Gasteiger charge is -2.25. The van der Waals surface area contributed by atoms with Gasteiger partial charge >= 0.3 is 0 Å². The van der Waals surface area contributed by atoms with E-state index in [2.05, 4.69) is 26.1 Å². The standard InChI is InChI=1S/C17H22FNO/c1-4-11-17(2,3)19-12-15-9-10-16(20-15)13-5-7-14(18)8-6-13/h5-10,19H,4,11-12H2,1-3H3. The molecule has 1 aromatic carbocycles. The first-order valence-electron chi connectivity index (χ1n) is 7.10. The van der Waals surface area contributed by atoms with Crippen molar-refractivity contribution >= 4 is 0 Å². The Morgan fingerprint density at radius 2 is 1.80 bits per heavy atom. The molecular weight excluding hydrogens is 253 g/mol. The topological polar surface area (TPSA) is 25.2 Å². The van der Waals surface area contributed by atoms with Gasteiger partial charge in [-0.2, -0.15) is 0 Å². The third-order valence-corrected chi connectivity index (χ3v) is 3.41. The molecule has 20 heavy (non-hydrogen) atoms. The van der Waals surface area contributed by atoms with Crippen LogP contribution >= 0.6 is 0 Å². The van der Waals surface area contributed by atoms with E-state index in [9.17, 15) is 4.39 Å². The lowest BCUT2D eigenvalue weighted by molar-refractivity contribution is 0.339. The maximum atomic E-state index is 12.9. The van der Waals surface area contributed by atoms with Gasteiger partial charge in [-0.25, -0.2) is 4.39 Å². The molecule has 0 atom stereocenters. The molecule has 1 heterocycles. The van der Waals surface area contributed by atoms with E-state index >= 15 is 0 Å². The smallest absolute Gasteiger partial charge is 0.134 e. The molecule has 0 amide bonds. The highest BCUT2D eigenvalue weighted by Crippen LogP contribution is 2.23. The highest BCUT2D eigenvalue weighted by Gasteiger charge is 2.16. The molecule has 0 saturated heterocycles. The summed E-state index contributed by atoms with van der Waals surface area (Å²) in [6.45, 7) is 7.28. The summed E-state index contributed by atoms with van der Waals surface area (Å²) < 4.78 is 18.7. The van der Waals surface area contributed by atoms with Crippen molar-refractivity contribution in [1.29, 1.82) is 0 Å². The van der Waals surface area contributed by atoms with Crippen LogP contribution in [-0.4, -0.2) is 5.54 Å². The minimum Gasteiger partial charge on any atom is -0.460 e. The monoisotopic (exact) mass is 275 g/mol. The summed E-state index contributed by atoms with van der Waals surface area (Å²) in [5.41, 5.74) is 1.00. The average Bonchev–Trinajstić information content (AvgIpc) is 2.86. The van der Waals surface area contributed by atoms with E-state index in [1.165, 1.54) is 12.1 Å². The van der Waals surface area contributed by atoms with Crippen molar-refractivity contribution in [2.24, 2.45) is 0 Å². The number of nitrogens with one attached hydrogen (secondary N) is 1. The Hall–Kier alpha value is -1.61. The molecule has 2 aromatic rings. The Morgan fingerprint density at radius 3 is 2.45 bits per heavy atom. The largest absolute Gasteiger partial charge is 0.460 e. The minimum atomic E-state index is -0.233. The van der Waals surface area contributed by atoms with Crippen LogP contribution in [0.15, 0.2) is 40.8 Å². The average molecular weight is 275 g/mol. The molecule has 2 nitrogen and oxygen atoms in total. The lowest BCUT2D eigenvalue weighted by Crippen LogP contribution is -2.38. The van der Waals surface area contributed by atoms with Crippen molar-refractivity contribution in [3.05, 3.63) is 48.0 Å². The van der Waals surface area contributed by atoms with Crippen molar-refractivity contribution in [2.75, 3.05) is 0 Å². The van der Waals surface area contributed by atoms with Gasteiger partial charge in [-0.05, 0) is 56.7 Å². The zero-order valence-electron chi connectivity index (χ0n) is 12.4. The molecule has 0 saturated carbocycles. The predicted molar refractivity (Wildman–Crippen MR) is 79.9 cm³/mol. The highest BCUT2D eigenvalue weighted by molar-refractivity contribution is 5.57. The zero-order valence-corrected chi connectivity index (χ0v) is 12.4. The van der Waals surface area contributed by atoms with Gasteiger partial charge in [-0.15, -0.1) is 0 Å². The fourth-order valence-corrected chi connectivity index (χ4v) is 2.28. The second-order valence-electron chi connectivity index (χ2n) is 5.76. The summed E-state index contributed by atoms with van der Waals surface area (Å²) in [5, 5.41) is 3.50. The Morgan fingerprint density at radius 1 is 1.10 bits per heavy atom. The Bertz CT molecular complexity index is 542. The Balaban J connectivity index is 2.00. The summed E-state index contributed by atoms with van der Waals surface area (Å²) in [4.78, 5) is 0. The molecule has 0 aliphatic heterocycles. The maximum absolute atomic E-state index is 12.9. The van der Waals surface area contributed by atoms with Gasteiger partial charge in [0, 0.05) is 11.1 Å². The summed E-state index contributed by atoms with van der Waals surface area (Å²) >= 11 is 0. The fourth-order valence-electron chi connectivity index (χ4n) is 2.28. The second kappa shape index (κ2) is 6.23. The third-order valence-electron chi connectivity index (χ3n) is 3.41. The van der Waals surface area contributed by atoms with E-state index in [1.54, 1.807) is 12.1 Å². The van der Waals surface area contributed by atoms with Crippen LogP contribution in [0, 0.1) is 5.82 Å². The Kier molecular flexibility index (Phi) is 4.61. The first-order chi connectivity index (χ1) is 9.50. The van der Waals surface area contributed by atoms with E-state index in [0.29, 0.717) is 6.54 Å². The van der Waals surface area contributed by atoms with Crippen LogP contribution in [0.5, 0.6) is 0 Å². The molecule has 0 bridgehead atoms. The van der Waals surface area contributed by atoms with Crippen LogP contribution in [0.4, 0.5) is 4.39 Å². The first-order valence-corrected chi connectivity index (χ1v) is 7.10. The SMILES string of the molecule is CCCC(C)(C)NCc1ccc(-c2ccc(F)cc2)o1. The molecule has 0 radical (unpaired) electrons. The van der Waals surface area contributed by atoms with Gasteiger partial charge in [0.05, 0.1) is 6.54 Å². The van der Waals surface area contributed by atoms with Crippen molar-refractivity contribution in [3.63, 3.8) is 0 Å². The van der Waals surface area contributed by atoms with E-state index in [-0.39, 0.29) is 11.4 Å². The van der Waals surface area contributed by atoms with E-state index in [1.807, 2.05) is 12.1 Å². The van der Waals surface area contributed by atoms with Crippen molar-refractivity contribution in [1.82, 2.24) is 5.32 Å². The lowest BCUT2D eigenvalue weighted by atomic mass is 9.99. The third kappa shape index (κ3) is 3.94. The number of benzene rings is 1. The summed E-state index contributed by atoms with van der Waals surface area (Å²) in [6, 6.07) is 10.2. The van der Waals surface area contributed by atoms with Crippen LogP contribution < -0.4 is 5.32 Å². The predicted octanol–water partition coefficient (Wildman–Crippen LogP) is 4.75. The van der Waals surface area contributed by atoms with Crippen molar-refractivity contribution < 1.29 is 8.81 Å². The molecule has 2 rings (SSSR count). The molecular formula is C17H22FNO. The molecule has 108 valence electrons. The second-order valence-corrected chi connectivity index (χ2v) is 5.76. The van der Waals surface area contributed by atoms with Gasteiger partial charge in [0.15, 0.2) is 0 Å². The van der Waals surface area contributed by atoms with Gasteiger partial charge < -0.3 is 9.73 Å². The molecule has 0 unspecified atom stereocenters. The van der Waals surface area contributed by atoms with Crippen LogP contribution in [0.2, 0.25) is 0 Å². The minimum absolute atomic E-state index is 0.109. The summed E-state index contributed by atoms with van der Waals surface area (Å²) in [5.74, 6) is 1.44. The number of hydrogen-bond acceptors (Lipinski definition) is 2. The maximum Gasteiger partial charge on any atom is 0.134 e. The fraction of sp³-hybridized carbons (Fsp3) is 0.412. The highest BCUT2D eigenvalue weighted by atomic mass is 19.1. The number of halogens is 1. The molecule has 1 aromatic heterocycles.